The van der Waals surface area contributed by atoms with Crippen LogP contribution in [-0.2, 0) is 33.2 Å². The topological polar surface area (TPSA) is 307 Å². The van der Waals surface area contributed by atoms with Gasteiger partial charge in [0.1, 0.15) is 73.2 Å². The molecule has 17 unspecified atom stereocenters. The fraction of sp³-hybridized carbons (Fsp3) is 0.923. The van der Waals surface area contributed by atoms with Crippen molar-refractivity contribution < 1.29 is 89.4 Å². The maximum Gasteiger partial charge on any atom is 0.220 e. The number of nitrogens with one attached hydrogen (secondary N) is 1. The Morgan fingerprint density at radius 1 is 0.417 bits per heavy atom. The van der Waals surface area contributed by atoms with Crippen LogP contribution >= 0.6 is 0 Å². The Morgan fingerprint density at radius 3 is 1.19 bits per heavy atom. The first kappa shape index (κ1) is 76.5. The van der Waals surface area contributed by atoms with E-state index in [4.69, 9.17) is 28.4 Å². The van der Waals surface area contributed by atoms with Gasteiger partial charge in [0, 0.05) is 6.42 Å². The maximum atomic E-state index is 13.2. The zero-order valence-electron chi connectivity index (χ0n) is 51.9. The molecule has 3 aliphatic rings. The van der Waals surface area contributed by atoms with Gasteiger partial charge in [0.2, 0.25) is 5.91 Å². The van der Waals surface area contributed by atoms with Gasteiger partial charge in [-0.2, -0.15) is 0 Å². The molecule has 84 heavy (non-hydrogen) atoms. The summed E-state index contributed by atoms with van der Waals surface area (Å²) < 4.78 is 34.2. The van der Waals surface area contributed by atoms with Crippen LogP contribution in [0.1, 0.15) is 251 Å². The summed E-state index contributed by atoms with van der Waals surface area (Å²) in [4.78, 5) is 13.2. The third-order valence-corrected chi connectivity index (χ3v) is 17.0. The Kier molecular flexibility index (Phi) is 43.9. The van der Waals surface area contributed by atoms with Crippen molar-refractivity contribution in [3.8, 4) is 0 Å². The number of amides is 1. The Hall–Kier alpha value is -1.73. The van der Waals surface area contributed by atoms with E-state index in [1.807, 2.05) is 6.08 Å². The molecule has 1 amide bonds. The lowest BCUT2D eigenvalue weighted by Gasteiger charge is -2.48. The molecule has 0 aromatic rings. The predicted molar refractivity (Wildman–Crippen MR) is 323 cm³/mol. The zero-order valence-corrected chi connectivity index (χ0v) is 51.9. The van der Waals surface area contributed by atoms with Crippen molar-refractivity contribution in [2.24, 2.45) is 0 Å². The van der Waals surface area contributed by atoms with E-state index >= 15 is 0 Å². The minimum absolute atomic E-state index is 0.236. The van der Waals surface area contributed by atoms with Gasteiger partial charge in [-0.15, -0.1) is 0 Å². The molecule has 0 saturated carbocycles. The Labute approximate surface area is 505 Å². The largest absolute Gasteiger partial charge is 0.394 e. The molecular weight excluding hydrogens is 1080 g/mol. The van der Waals surface area contributed by atoms with Crippen LogP contribution in [0.5, 0.6) is 0 Å². The van der Waals surface area contributed by atoms with Crippen LogP contribution in [0, 0.1) is 0 Å². The van der Waals surface area contributed by atoms with Crippen molar-refractivity contribution >= 4 is 5.91 Å². The minimum Gasteiger partial charge on any atom is -0.394 e. The fourth-order valence-electron chi connectivity index (χ4n) is 11.5. The smallest absolute Gasteiger partial charge is 0.220 e. The third kappa shape index (κ3) is 30.7. The summed E-state index contributed by atoms with van der Waals surface area (Å²) in [6, 6.07) is -0.984. The van der Waals surface area contributed by atoms with Crippen LogP contribution in [0.3, 0.4) is 0 Å². The van der Waals surface area contributed by atoms with Gasteiger partial charge in [-0.3, -0.25) is 4.79 Å². The number of rotatable bonds is 51. The number of carbonyl (C=O) groups excluding carboxylic acids is 1. The highest BCUT2D eigenvalue weighted by molar-refractivity contribution is 5.76. The molecule has 19 nitrogen and oxygen atoms in total. The molecule has 0 aliphatic carbocycles. The molecule has 3 fully saturated rings. The molecule has 19 heteroatoms. The Morgan fingerprint density at radius 2 is 0.762 bits per heavy atom. The van der Waals surface area contributed by atoms with Crippen molar-refractivity contribution in [2.45, 2.75) is 356 Å². The van der Waals surface area contributed by atoms with Gasteiger partial charge in [-0.1, -0.05) is 237 Å². The van der Waals surface area contributed by atoms with Gasteiger partial charge in [0.25, 0.3) is 0 Å². The molecule has 0 bridgehead atoms. The van der Waals surface area contributed by atoms with Crippen LogP contribution in [-0.4, -0.2) is 193 Å². The number of aliphatic hydroxyl groups is 11. The SMILES string of the molecule is CCCCCCCCCCCCCCCCCCCCCCCCCCCC/C=C/CC/C=C/C(O)C(COC1OC(CO)C(OC2OC(CO)C(OC3OC(CO)C(O)C(O)C3O)C(O)C2O)C(O)C1O)NC(=O)CCCCCCCCC. The predicted octanol–water partition coefficient (Wildman–Crippen LogP) is 7.88. The van der Waals surface area contributed by atoms with Gasteiger partial charge in [-0.25, -0.2) is 0 Å². The second kappa shape index (κ2) is 48.2. The highest BCUT2D eigenvalue weighted by Gasteiger charge is 2.53. The van der Waals surface area contributed by atoms with E-state index in [0.29, 0.717) is 12.8 Å². The highest BCUT2D eigenvalue weighted by Crippen LogP contribution is 2.33. The van der Waals surface area contributed by atoms with E-state index in [0.717, 1.165) is 51.4 Å². The zero-order chi connectivity index (χ0) is 61.2. The number of allylic oxidation sites excluding steroid dienone is 3. The molecular formula is C65H121NO18. The third-order valence-electron chi connectivity index (χ3n) is 17.0. The van der Waals surface area contributed by atoms with Gasteiger partial charge in [0.05, 0.1) is 38.6 Å². The lowest BCUT2D eigenvalue weighted by atomic mass is 9.96. The molecule has 3 heterocycles. The van der Waals surface area contributed by atoms with Crippen molar-refractivity contribution in [3.05, 3.63) is 24.3 Å². The van der Waals surface area contributed by atoms with Gasteiger partial charge in [0.15, 0.2) is 18.9 Å². The molecule has 0 radical (unpaired) electrons. The van der Waals surface area contributed by atoms with Crippen molar-refractivity contribution in [1.82, 2.24) is 5.32 Å². The van der Waals surface area contributed by atoms with Crippen LogP contribution in [0.4, 0.5) is 0 Å². The van der Waals surface area contributed by atoms with E-state index in [-0.39, 0.29) is 18.9 Å². The molecule has 0 spiro atoms. The van der Waals surface area contributed by atoms with E-state index in [2.05, 4.69) is 31.3 Å². The summed E-state index contributed by atoms with van der Waals surface area (Å²) >= 11 is 0. The average Bonchev–Trinajstić information content (AvgIpc) is 3.57. The first-order chi connectivity index (χ1) is 40.8. The Bertz CT molecular complexity index is 1630. The monoisotopic (exact) mass is 1200 g/mol. The van der Waals surface area contributed by atoms with E-state index in [1.54, 1.807) is 6.08 Å². The van der Waals surface area contributed by atoms with Crippen LogP contribution in [0.15, 0.2) is 24.3 Å². The van der Waals surface area contributed by atoms with Crippen molar-refractivity contribution in [2.75, 3.05) is 26.4 Å². The summed E-state index contributed by atoms with van der Waals surface area (Å²) in [6.07, 6.45) is 26.7. The summed E-state index contributed by atoms with van der Waals surface area (Å²) in [5.74, 6) is -0.291. The molecule has 0 aromatic heterocycles. The first-order valence-electron chi connectivity index (χ1n) is 33.6. The highest BCUT2D eigenvalue weighted by atomic mass is 16.8. The second-order valence-corrected chi connectivity index (χ2v) is 24.3. The van der Waals surface area contributed by atoms with Gasteiger partial charge < -0.3 is 89.9 Å². The molecule has 3 rings (SSSR count). The van der Waals surface area contributed by atoms with E-state index < -0.39 is 124 Å². The molecule has 3 aliphatic heterocycles. The number of aliphatic hydroxyl groups excluding tert-OH is 11. The first-order valence-corrected chi connectivity index (χ1v) is 33.6. The van der Waals surface area contributed by atoms with Crippen LogP contribution < -0.4 is 5.32 Å². The Balaban J connectivity index is 1.35. The number of ether oxygens (including phenoxy) is 6. The summed E-state index contributed by atoms with van der Waals surface area (Å²) in [5, 5.41) is 120. The molecule has 17 atom stereocenters. The quantitative estimate of drug-likeness (QED) is 0.0204. The average molecular weight is 1200 g/mol. The fourth-order valence-corrected chi connectivity index (χ4v) is 11.5. The number of hydrogen-bond acceptors (Lipinski definition) is 18. The minimum atomic E-state index is -1.98. The van der Waals surface area contributed by atoms with Crippen LogP contribution in [0.25, 0.3) is 0 Å². The van der Waals surface area contributed by atoms with Crippen LogP contribution in [0.2, 0.25) is 0 Å². The van der Waals surface area contributed by atoms with Gasteiger partial charge >= 0.3 is 0 Å². The number of hydrogen-bond donors (Lipinski definition) is 12. The molecule has 494 valence electrons. The molecule has 12 N–H and O–H groups in total. The second-order valence-electron chi connectivity index (χ2n) is 24.3. The summed E-state index contributed by atoms with van der Waals surface area (Å²) in [6.45, 7) is 1.66. The standard InChI is InChI=1S/C65H121NO18/c1-3-5-7-9-11-12-13-14-15-16-17-18-19-20-21-22-23-24-25-26-27-28-29-30-31-32-33-34-35-37-38-40-42-49(70)48(66-53(71)43-41-39-36-10-8-6-4-2)47-79-63-59(77)56(74)61(51(45-68)81-63)84-65-60(78)57(75)62(52(46-69)82-65)83-64-58(76)55(73)54(72)50(44-67)80-64/h34-35,40,42,48-52,54-65,67-70,72-78H,3-33,36-39,41,43-47H2,1-2H3,(H,66,71)/b35-34+,42-40+. The van der Waals surface area contributed by atoms with E-state index in [9.17, 15) is 61.0 Å². The molecule has 0 aromatic carbocycles. The lowest BCUT2D eigenvalue weighted by Crippen LogP contribution is -2.66. The lowest BCUT2D eigenvalue weighted by molar-refractivity contribution is -0.379. The molecule has 3 saturated heterocycles. The van der Waals surface area contributed by atoms with Gasteiger partial charge in [-0.05, 0) is 32.1 Å². The normalized spacial score (nSPS) is 29.3. The van der Waals surface area contributed by atoms with Crippen molar-refractivity contribution in [1.29, 1.82) is 0 Å². The summed E-state index contributed by atoms with van der Waals surface area (Å²) in [5.41, 5.74) is 0. The maximum absolute atomic E-state index is 13.2. The number of unbranched alkanes of at least 4 members (excludes halogenated alkanes) is 33. The summed E-state index contributed by atoms with van der Waals surface area (Å²) in [7, 11) is 0. The number of carbonyl (C=O) groups is 1. The van der Waals surface area contributed by atoms with E-state index in [1.165, 1.54) is 167 Å². The van der Waals surface area contributed by atoms with Crippen molar-refractivity contribution in [3.63, 3.8) is 0 Å².